The number of benzene rings is 1. The average Bonchev–Trinajstić information content (AvgIpc) is 2.99. The van der Waals surface area contributed by atoms with Crippen molar-refractivity contribution in [3.05, 3.63) is 45.7 Å². The van der Waals surface area contributed by atoms with Crippen molar-refractivity contribution in [2.24, 2.45) is 0 Å². The van der Waals surface area contributed by atoms with Crippen molar-refractivity contribution < 1.29 is 14.0 Å². The number of hydrogen-bond donors (Lipinski definition) is 2. The molecule has 1 aromatic heterocycles. The Morgan fingerprint density at radius 2 is 2.38 bits per heavy atom. The first-order valence-electron chi connectivity index (χ1n) is 7.36. The lowest BCUT2D eigenvalue weighted by atomic mass is 9.89. The highest BCUT2D eigenvalue weighted by molar-refractivity contribution is 7.97. The first kappa shape index (κ1) is 16.9. The summed E-state index contributed by atoms with van der Waals surface area (Å²) in [4.78, 5) is 28.7. The molecule has 2 heterocycles. The molecule has 8 heteroatoms. The van der Waals surface area contributed by atoms with E-state index in [9.17, 15) is 14.0 Å². The highest BCUT2D eigenvalue weighted by Crippen LogP contribution is 2.32. The van der Waals surface area contributed by atoms with Crippen LogP contribution >= 0.6 is 23.1 Å². The van der Waals surface area contributed by atoms with Crippen molar-refractivity contribution in [2.75, 3.05) is 11.6 Å². The Bertz CT molecular complexity index is 778. The first-order valence-corrected chi connectivity index (χ1v) is 9.63. The zero-order valence-corrected chi connectivity index (χ0v) is 14.6. The molecule has 3 rings (SSSR count). The Labute approximate surface area is 147 Å². The minimum absolute atomic E-state index is 0.0548. The molecule has 1 aromatic carbocycles. The molecule has 0 bridgehead atoms. The molecule has 1 aliphatic heterocycles. The van der Waals surface area contributed by atoms with Crippen molar-refractivity contribution in [1.82, 2.24) is 10.3 Å². The minimum atomic E-state index is -0.612. The van der Waals surface area contributed by atoms with Crippen LogP contribution in [-0.2, 0) is 21.9 Å². The monoisotopic (exact) mass is 365 g/mol. The zero-order valence-electron chi connectivity index (χ0n) is 13.0. The summed E-state index contributed by atoms with van der Waals surface area (Å²) in [6, 6.07) is 4.08. The van der Waals surface area contributed by atoms with Gasteiger partial charge in [-0.25, -0.2) is 9.37 Å². The fourth-order valence-electron chi connectivity index (χ4n) is 2.59. The predicted molar refractivity (Wildman–Crippen MR) is 93.6 cm³/mol. The normalized spacial score (nSPS) is 16.4. The van der Waals surface area contributed by atoms with Crippen molar-refractivity contribution in [2.45, 2.75) is 24.6 Å². The van der Waals surface area contributed by atoms with Gasteiger partial charge in [-0.15, -0.1) is 11.3 Å². The molecule has 0 saturated heterocycles. The highest BCUT2D eigenvalue weighted by Gasteiger charge is 2.30. The molecule has 0 radical (unpaired) electrons. The zero-order chi connectivity index (χ0) is 17.1. The van der Waals surface area contributed by atoms with E-state index in [-0.39, 0.29) is 18.2 Å². The van der Waals surface area contributed by atoms with Gasteiger partial charge >= 0.3 is 0 Å². The van der Waals surface area contributed by atoms with Crippen LogP contribution in [0, 0.1) is 5.82 Å². The van der Waals surface area contributed by atoms with Crippen molar-refractivity contribution in [3.63, 3.8) is 0 Å². The molecule has 5 nitrogen and oxygen atoms in total. The van der Waals surface area contributed by atoms with Crippen molar-refractivity contribution in [3.8, 4) is 0 Å². The largest absolute Gasteiger partial charge is 0.350 e. The van der Waals surface area contributed by atoms with Crippen molar-refractivity contribution in [1.29, 1.82) is 0 Å². The topological polar surface area (TPSA) is 71.1 Å². The Morgan fingerprint density at radius 3 is 3.17 bits per heavy atom. The van der Waals surface area contributed by atoms with E-state index < -0.39 is 11.7 Å². The summed E-state index contributed by atoms with van der Waals surface area (Å²) < 4.78 is 13.3. The summed E-state index contributed by atoms with van der Waals surface area (Å²) in [6.45, 7) is 0.318. The highest BCUT2D eigenvalue weighted by atomic mass is 32.2. The molecule has 1 aliphatic rings. The van der Waals surface area contributed by atoms with Gasteiger partial charge in [-0.05, 0) is 24.0 Å². The van der Waals surface area contributed by atoms with Crippen LogP contribution in [0.1, 0.15) is 28.6 Å². The molecular formula is C16H16FN3O2S2. The van der Waals surface area contributed by atoms with Crippen LogP contribution in [0.3, 0.4) is 0 Å². The Balaban J connectivity index is 1.69. The third-order valence-corrected chi connectivity index (χ3v) is 5.32. The van der Waals surface area contributed by atoms with E-state index in [1.54, 1.807) is 29.2 Å². The molecule has 0 spiro atoms. The van der Waals surface area contributed by atoms with E-state index in [2.05, 4.69) is 15.6 Å². The molecule has 0 saturated carbocycles. The van der Waals surface area contributed by atoms with E-state index in [0.29, 0.717) is 17.8 Å². The van der Waals surface area contributed by atoms with Gasteiger partial charge in [-0.3, -0.25) is 9.59 Å². The fraction of sp³-hybridized carbons (Fsp3) is 0.312. The van der Waals surface area contributed by atoms with Gasteiger partial charge in [0.15, 0.2) is 0 Å². The maximum Gasteiger partial charge on any atom is 0.228 e. The van der Waals surface area contributed by atoms with E-state index in [0.717, 1.165) is 16.5 Å². The second-order valence-corrected chi connectivity index (χ2v) is 7.23. The van der Waals surface area contributed by atoms with Gasteiger partial charge < -0.3 is 10.6 Å². The Hall–Kier alpha value is -1.93. The van der Waals surface area contributed by atoms with Crippen LogP contribution < -0.4 is 10.6 Å². The SMILES string of the molecule is CSCc1nc(CNC(=O)[C@@H]2CC(=O)Nc3cc(F)ccc32)cs1. The van der Waals surface area contributed by atoms with Crippen LogP contribution in [0.15, 0.2) is 23.6 Å². The predicted octanol–water partition coefficient (Wildman–Crippen LogP) is 2.89. The van der Waals surface area contributed by atoms with Crippen LogP contribution in [-0.4, -0.2) is 23.1 Å². The lowest BCUT2D eigenvalue weighted by Gasteiger charge is -2.24. The lowest BCUT2D eigenvalue weighted by Crippen LogP contribution is -2.34. The third kappa shape index (κ3) is 3.76. The summed E-state index contributed by atoms with van der Waals surface area (Å²) in [5.74, 6) is -0.751. The average molecular weight is 365 g/mol. The van der Waals surface area contributed by atoms with E-state index >= 15 is 0 Å². The minimum Gasteiger partial charge on any atom is -0.350 e. The lowest BCUT2D eigenvalue weighted by molar-refractivity contribution is -0.126. The molecule has 126 valence electrons. The number of thioether (sulfide) groups is 1. The van der Waals surface area contributed by atoms with Gasteiger partial charge in [0, 0.05) is 23.2 Å². The molecule has 1 atom stereocenters. The molecule has 0 unspecified atom stereocenters. The number of carbonyl (C=O) groups excluding carboxylic acids is 2. The second-order valence-electron chi connectivity index (χ2n) is 5.42. The van der Waals surface area contributed by atoms with Crippen LogP contribution in [0.2, 0.25) is 0 Å². The van der Waals surface area contributed by atoms with Crippen molar-refractivity contribution >= 4 is 40.6 Å². The molecule has 2 N–H and O–H groups in total. The van der Waals surface area contributed by atoms with Gasteiger partial charge in [0.25, 0.3) is 0 Å². The maximum atomic E-state index is 13.3. The standard InChI is InChI=1S/C16H16FN3O2S2/c1-23-8-15-19-10(7-24-15)6-18-16(22)12-5-14(21)20-13-4-9(17)2-3-11(12)13/h2-4,7,12H,5-6,8H2,1H3,(H,18,22)(H,20,21)/t12-/m1/s1. The summed E-state index contributed by atoms with van der Waals surface area (Å²) in [5, 5.41) is 8.37. The Morgan fingerprint density at radius 1 is 1.54 bits per heavy atom. The van der Waals surface area contributed by atoms with Gasteiger partial charge in [-0.1, -0.05) is 6.07 Å². The number of nitrogens with zero attached hydrogens (tertiary/aromatic N) is 1. The van der Waals surface area contributed by atoms with E-state index in [4.69, 9.17) is 0 Å². The molecule has 2 amide bonds. The number of anilines is 1. The number of rotatable bonds is 5. The quantitative estimate of drug-likeness (QED) is 0.855. The summed E-state index contributed by atoms with van der Waals surface area (Å²) in [6.07, 6.45) is 2.07. The van der Waals surface area contributed by atoms with Gasteiger partial charge in [0.05, 0.1) is 18.2 Å². The Kier molecular flexibility index (Phi) is 5.15. The van der Waals surface area contributed by atoms with Crippen LogP contribution in [0.5, 0.6) is 0 Å². The van der Waals surface area contributed by atoms with E-state index in [1.165, 1.54) is 12.1 Å². The fourth-order valence-corrected chi connectivity index (χ4v) is 4.11. The number of fused-ring (bicyclic) bond motifs is 1. The molecule has 24 heavy (non-hydrogen) atoms. The number of hydrogen-bond acceptors (Lipinski definition) is 5. The molecule has 2 aromatic rings. The summed E-state index contributed by atoms with van der Waals surface area (Å²) >= 11 is 3.26. The smallest absolute Gasteiger partial charge is 0.228 e. The third-order valence-electron chi connectivity index (χ3n) is 3.68. The number of aromatic nitrogens is 1. The van der Waals surface area contributed by atoms with Gasteiger partial charge in [0.2, 0.25) is 11.8 Å². The molecular weight excluding hydrogens is 349 g/mol. The number of nitrogens with one attached hydrogen (secondary N) is 2. The van der Waals surface area contributed by atoms with Gasteiger partial charge in [-0.2, -0.15) is 11.8 Å². The molecule has 0 fully saturated rings. The van der Waals surface area contributed by atoms with E-state index in [1.807, 2.05) is 11.6 Å². The summed E-state index contributed by atoms with van der Waals surface area (Å²) in [5.41, 5.74) is 1.80. The maximum absolute atomic E-state index is 13.3. The van der Waals surface area contributed by atoms with Crippen LogP contribution in [0.4, 0.5) is 10.1 Å². The molecule has 0 aliphatic carbocycles. The number of thiazole rings is 1. The summed E-state index contributed by atoms with van der Waals surface area (Å²) in [7, 11) is 0. The first-order chi connectivity index (χ1) is 11.6. The number of carbonyl (C=O) groups is 2. The van der Waals surface area contributed by atoms with Gasteiger partial charge in [0.1, 0.15) is 10.8 Å². The van der Waals surface area contributed by atoms with Crippen LogP contribution in [0.25, 0.3) is 0 Å². The number of halogens is 1. The number of amides is 2. The second kappa shape index (κ2) is 7.31.